The summed E-state index contributed by atoms with van der Waals surface area (Å²) in [6.07, 6.45) is 3.22. The summed E-state index contributed by atoms with van der Waals surface area (Å²) in [7, 11) is 0. The number of ether oxygens (including phenoxy) is 2. The third-order valence-corrected chi connectivity index (χ3v) is 3.92. The lowest BCUT2D eigenvalue weighted by molar-refractivity contribution is -0.385. The van der Waals surface area contributed by atoms with E-state index in [1.54, 1.807) is 42.7 Å². The highest BCUT2D eigenvalue weighted by atomic mass is 16.6. The van der Waals surface area contributed by atoms with Gasteiger partial charge in [0.05, 0.1) is 16.7 Å². The van der Waals surface area contributed by atoms with Crippen LogP contribution >= 0.6 is 0 Å². The van der Waals surface area contributed by atoms with Crippen LogP contribution in [0.4, 0.5) is 5.69 Å². The largest absolute Gasteiger partial charge is 0.457 e. The molecule has 0 amide bonds. The quantitative estimate of drug-likeness (QED) is 0.365. The number of para-hydroxylation sites is 1. The zero-order valence-corrected chi connectivity index (χ0v) is 14.5. The van der Waals surface area contributed by atoms with Gasteiger partial charge in [-0.05, 0) is 31.2 Å². The molecule has 0 spiro atoms. The predicted octanol–water partition coefficient (Wildman–Crippen LogP) is 4.45. The van der Waals surface area contributed by atoms with E-state index in [2.05, 4.69) is 4.98 Å². The Labute approximate surface area is 155 Å². The van der Waals surface area contributed by atoms with Crippen molar-refractivity contribution in [3.8, 4) is 11.5 Å². The summed E-state index contributed by atoms with van der Waals surface area (Å²) >= 11 is 0. The molecule has 7 heteroatoms. The fourth-order valence-corrected chi connectivity index (χ4v) is 2.52. The number of aromatic nitrogens is 1. The van der Waals surface area contributed by atoms with E-state index in [1.807, 2.05) is 6.07 Å². The number of esters is 1. The fourth-order valence-electron chi connectivity index (χ4n) is 2.52. The number of benzene rings is 2. The van der Waals surface area contributed by atoms with Gasteiger partial charge in [-0.3, -0.25) is 15.1 Å². The van der Waals surface area contributed by atoms with Gasteiger partial charge in [-0.1, -0.05) is 24.3 Å². The molecule has 136 valence electrons. The minimum atomic E-state index is -0.632. The van der Waals surface area contributed by atoms with Crippen LogP contribution in [-0.2, 0) is 11.3 Å². The Balaban J connectivity index is 1.75. The van der Waals surface area contributed by atoms with E-state index in [9.17, 15) is 14.9 Å². The second-order valence-electron chi connectivity index (χ2n) is 5.68. The number of pyridine rings is 1. The smallest absolute Gasteiger partial charge is 0.338 e. The van der Waals surface area contributed by atoms with Crippen molar-refractivity contribution in [2.75, 3.05) is 0 Å². The molecule has 3 aromatic rings. The van der Waals surface area contributed by atoms with Crippen molar-refractivity contribution in [1.29, 1.82) is 0 Å². The van der Waals surface area contributed by atoms with E-state index in [4.69, 9.17) is 9.47 Å². The summed E-state index contributed by atoms with van der Waals surface area (Å²) in [6, 6.07) is 15.0. The Morgan fingerprint density at radius 3 is 2.67 bits per heavy atom. The maximum atomic E-state index is 12.4. The van der Waals surface area contributed by atoms with Crippen LogP contribution in [0, 0.1) is 17.0 Å². The monoisotopic (exact) mass is 364 g/mol. The minimum Gasteiger partial charge on any atom is -0.457 e. The molecule has 0 saturated heterocycles. The van der Waals surface area contributed by atoms with Gasteiger partial charge in [0, 0.05) is 23.4 Å². The molecule has 7 nitrogen and oxygen atoms in total. The molecule has 1 heterocycles. The minimum absolute atomic E-state index is 0.0304. The molecule has 0 unspecified atom stereocenters. The molecule has 27 heavy (non-hydrogen) atoms. The molecule has 1 aromatic heterocycles. The molecule has 0 aliphatic rings. The second-order valence-corrected chi connectivity index (χ2v) is 5.68. The molecule has 0 saturated carbocycles. The Morgan fingerprint density at radius 2 is 1.93 bits per heavy atom. The van der Waals surface area contributed by atoms with Crippen LogP contribution in [0.2, 0.25) is 0 Å². The molecule has 0 atom stereocenters. The lowest BCUT2D eigenvalue weighted by Gasteiger charge is -2.12. The van der Waals surface area contributed by atoms with Gasteiger partial charge in [-0.15, -0.1) is 0 Å². The first kappa shape index (κ1) is 18.1. The highest BCUT2D eigenvalue weighted by molar-refractivity contribution is 5.92. The number of rotatable bonds is 6. The van der Waals surface area contributed by atoms with Crippen LogP contribution in [0.25, 0.3) is 0 Å². The van der Waals surface area contributed by atoms with Gasteiger partial charge in [0.2, 0.25) is 0 Å². The summed E-state index contributed by atoms with van der Waals surface area (Å²) < 4.78 is 11.1. The standard InChI is InChI=1S/C20H16N2O5/c1-14-17(8-4-9-18(14)22(24)25)20(23)26-13-15-6-2-3-10-19(15)27-16-7-5-11-21-12-16/h2-12H,13H2,1H3. The molecule has 0 bridgehead atoms. The maximum Gasteiger partial charge on any atom is 0.338 e. The van der Waals surface area contributed by atoms with Gasteiger partial charge in [0.25, 0.3) is 5.69 Å². The van der Waals surface area contributed by atoms with Crippen LogP contribution in [0.1, 0.15) is 21.5 Å². The van der Waals surface area contributed by atoms with Crippen LogP contribution in [-0.4, -0.2) is 15.9 Å². The number of nitro groups is 1. The summed E-state index contributed by atoms with van der Waals surface area (Å²) in [5.74, 6) is 0.465. The highest BCUT2D eigenvalue weighted by Gasteiger charge is 2.19. The number of nitrogens with zero attached hydrogens (tertiary/aromatic N) is 2. The van der Waals surface area contributed by atoms with E-state index in [0.29, 0.717) is 17.1 Å². The van der Waals surface area contributed by atoms with Crippen molar-refractivity contribution in [1.82, 2.24) is 4.98 Å². The third-order valence-electron chi connectivity index (χ3n) is 3.92. The zero-order chi connectivity index (χ0) is 19.2. The SMILES string of the molecule is Cc1c(C(=O)OCc2ccccc2Oc2cccnc2)cccc1[N+](=O)[O-]. The molecule has 0 radical (unpaired) electrons. The van der Waals surface area contributed by atoms with Crippen LogP contribution in [0.5, 0.6) is 11.5 Å². The zero-order valence-electron chi connectivity index (χ0n) is 14.5. The molecular weight excluding hydrogens is 348 g/mol. The van der Waals surface area contributed by atoms with Crippen molar-refractivity contribution in [3.05, 3.63) is 93.8 Å². The van der Waals surface area contributed by atoms with E-state index < -0.39 is 10.9 Å². The lowest BCUT2D eigenvalue weighted by Crippen LogP contribution is -2.09. The van der Waals surface area contributed by atoms with Crippen molar-refractivity contribution in [2.45, 2.75) is 13.5 Å². The van der Waals surface area contributed by atoms with Crippen LogP contribution in [0.15, 0.2) is 67.0 Å². The number of nitro benzene ring substituents is 1. The summed E-state index contributed by atoms with van der Waals surface area (Å²) in [6.45, 7) is 1.49. The average molecular weight is 364 g/mol. The Morgan fingerprint density at radius 1 is 1.11 bits per heavy atom. The molecule has 0 aliphatic heterocycles. The molecular formula is C20H16N2O5. The summed E-state index contributed by atoms with van der Waals surface area (Å²) in [4.78, 5) is 26.9. The Kier molecular flexibility index (Phi) is 5.41. The van der Waals surface area contributed by atoms with E-state index in [0.717, 1.165) is 0 Å². The molecule has 2 aromatic carbocycles. The van der Waals surface area contributed by atoms with Gasteiger partial charge in [-0.25, -0.2) is 4.79 Å². The van der Waals surface area contributed by atoms with Gasteiger partial charge in [0.1, 0.15) is 18.1 Å². The van der Waals surface area contributed by atoms with Crippen molar-refractivity contribution in [3.63, 3.8) is 0 Å². The average Bonchev–Trinajstić information content (AvgIpc) is 2.68. The topological polar surface area (TPSA) is 91.6 Å². The van der Waals surface area contributed by atoms with Gasteiger partial charge in [-0.2, -0.15) is 0 Å². The first-order valence-corrected chi connectivity index (χ1v) is 8.13. The molecule has 0 fully saturated rings. The first-order chi connectivity index (χ1) is 13.1. The van der Waals surface area contributed by atoms with Gasteiger partial charge < -0.3 is 9.47 Å². The van der Waals surface area contributed by atoms with Crippen LogP contribution < -0.4 is 4.74 Å². The van der Waals surface area contributed by atoms with E-state index in [-0.39, 0.29) is 23.4 Å². The highest BCUT2D eigenvalue weighted by Crippen LogP contribution is 2.26. The normalized spacial score (nSPS) is 10.3. The Hall–Kier alpha value is -3.74. The van der Waals surface area contributed by atoms with Gasteiger partial charge in [0.15, 0.2) is 0 Å². The number of hydrogen-bond acceptors (Lipinski definition) is 6. The number of carbonyl (C=O) groups excluding carboxylic acids is 1. The van der Waals surface area contributed by atoms with Gasteiger partial charge >= 0.3 is 5.97 Å². The maximum absolute atomic E-state index is 12.4. The lowest BCUT2D eigenvalue weighted by atomic mass is 10.1. The molecule has 0 N–H and O–H groups in total. The first-order valence-electron chi connectivity index (χ1n) is 8.13. The summed E-state index contributed by atoms with van der Waals surface area (Å²) in [5, 5.41) is 11.0. The van der Waals surface area contributed by atoms with Crippen molar-refractivity contribution >= 4 is 11.7 Å². The van der Waals surface area contributed by atoms with E-state index >= 15 is 0 Å². The molecule has 3 rings (SSSR count). The second kappa shape index (κ2) is 8.09. The van der Waals surface area contributed by atoms with Crippen LogP contribution in [0.3, 0.4) is 0 Å². The fraction of sp³-hybridized carbons (Fsp3) is 0.100. The Bertz CT molecular complexity index is 973. The van der Waals surface area contributed by atoms with Crippen molar-refractivity contribution < 1.29 is 19.2 Å². The molecule has 0 aliphatic carbocycles. The predicted molar refractivity (Wildman–Crippen MR) is 97.7 cm³/mol. The van der Waals surface area contributed by atoms with Crippen molar-refractivity contribution in [2.24, 2.45) is 0 Å². The summed E-state index contributed by atoms with van der Waals surface area (Å²) in [5.41, 5.74) is 0.977. The number of hydrogen-bond donors (Lipinski definition) is 0. The number of carbonyl (C=O) groups is 1. The third kappa shape index (κ3) is 4.27. The van der Waals surface area contributed by atoms with E-state index in [1.165, 1.54) is 25.1 Å².